The third-order valence-corrected chi connectivity index (χ3v) is 4.91. The number of unbranched alkanes of at least 4 members (excludes halogenated alkanes) is 1. The van der Waals surface area contributed by atoms with Crippen LogP contribution in [-0.4, -0.2) is 14.5 Å². The van der Waals surface area contributed by atoms with Crippen molar-refractivity contribution in [2.75, 3.05) is 0 Å². The third-order valence-electron chi connectivity index (χ3n) is 3.28. The molecule has 0 aliphatic rings. The number of aryl methyl sites for hydroxylation is 1. The Kier molecular flexibility index (Phi) is 6.71. The van der Waals surface area contributed by atoms with E-state index in [-0.39, 0.29) is 17.5 Å². The summed E-state index contributed by atoms with van der Waals surface area (Å²) in [5.74, 6) is 0.882. The van der Waals surface area contributed by atoms with Crippen LogP contribution >= 0.6 is 0 Å². The Morgan fingerprint density at radius 3 is 2.50 bits per heavy atom. The van der Waals surface area contributed by atoms with Gasteiger partial charge in [-0.3, -0.25) is 0 Å². The van der Waals surface area contributed by atoms with Crippen molar-refractivity contribution >= 4 is 10.0 Å². The molecule has 0 aromatic carbocycles. The van der Waals surface area contributed by atoms with E-state index < -0.39 is 10.0 Å². The summed E-state index contributed by atoms with van der Waals surface area (Å²) in [4.78, 5) is 0.204. The molecule has 20 heavy (non-hydrogen) atoms. The predicted octanol–water partition coefficient (Wildman–Crippen LogP) is 2.68. The van der Waals surface area contributed by atoms with Gasteiger partial charge < -0.3 is 10.2 Å². The monoisotopic (exact) mass is 302 g/mol. The van der Waals surface area contributed by atoms with E-state index in [2.05, 4.69) is 18.6 Å². The van der Waals surface area contributed by atoms with Crippen LogP contribution in [0.4, 0.5) is 0 Å². The van der Waals surface area contributed by atoms with Gasteiger partial charge >= 0.3 is 0 Å². The summed E-state index contributed by atoms with van der Waals surface area (Å²) in [6, 6.07) is 1.50. The van der Waals surface area contributed by atoms with Crippen molar-refractivity contribution in [3.63, 3.8) is 0 Å². The number of sulfonamides is 1. The SMILES string of the molecule is CCCCC(CCC)NS(=O)(=O)c1cc(CN)oc1C. The van der Waals surface area contributed by atoms with E-state index >= 15 is 0 Å². The standard InChI is InChI=1S/C14H26N2O3S/c1-4-6-8-12(7-5-2)16-20(17,18)14-9-13(10-15)19-11(14)3/h9,12,16H,4-8,10,15H2,1-3H3. The Bertz CT molecular complexity index is 508. The molecule has 0 aliphatic heterocycles. The molecule has 6 heteroatoms. The molecule has 3 N–H and O–H groups in total. The van der Waals surface area contributed by atoms with Gasteiger partial charge in [-0.15, -0.1) is 0 Å². The van der Waals surface area contributed by atoms with E-state index in [1.54, 1.807) is 6.92 Å². The van der Waals surface area contributed by atoms with Crippen LogP contribution in [0, 0.1) is 6.92 Å². The lowest BCUT2D eigenvalue weighted by atomic mass is 10.1. The Balaban J connectivity index is 2.87. The molecule has 0 saturated heterocycles. The predicted molar refractivity (Wildman–Crippen MR) is 79.9 cm³/mol. The molecule has 1 atom stereocenters. The van der Waals surface area contributed by atoms with E-state index in [1.165, 1.54) is 6.07 Å². The number of hydrogen-bond donors (Lipinski definition) is 2. The molecule has 5 nitrogen and oxygen atoms in total. The number of rotatable bonds is 9. The Hall–Kier alpha value is -0.850. The van der Waals surface area contributed by atoms with E-state index in [4.69, 9.17) is 10.2 Å². The zero-order valence-corrected chi connectivity index (χ0v) is 13.4. The highest BCUT2D eigenvalue weighted by molar-refractivity contribution is 7.89. The van der Waals surface area contributed by atoms with Crippen molar-refractivity contribution < 1.29 is 12.8 Å². The molecule has 0 amide bonds. The Morgan fingerprint density at radius 1 is 1.30 bits per heavy atom. The van der Waals surface area contributed by atoms with Gasteiger partial charge in [0, 0.05) is 12.1 Å². The first kappa shape index (κ1) is 17.2. The molecular weight excluding hydrogens is 276 g/mol. The van der Waals surface area contributed by atoms with Crippen molar-refractivity contribution in [3.05, 3.63) is 17.6 Å². The fourth-order valence-corrected chi connectivity index (χ4v) is 3.74. The van der Waals surface area contributed by atoms with Crippen LogP contribution in [0.3, 0.4) is 0 Å². The van der Waals surface area contributed by atoms with E-state index in [1.807, 2.05) is 0 Å². The third kappa shape index (κ3) is 4.61. The topological polar surface area (TPSA) is 85.3 Å². The summed E-state index contributed by atoms with van der Waals surface area (Å²) in [7, 11) is -3.53. The average molecular weight is 302 g/mol. The van der Waals surface area contributed by atoms with Crippen molar-refractivity contribution in [3.8, 4) is 0 Å². The van der Waals surface area contributed by atoms with Gasteiger partial charge in [0.25, 0.3) is 0 Å². The van der Waals surface area contributed by atoms with Crippen LogP contribution in [0.1, 0.15) is 57.5 Å². The van der Waals surface area contributed by atoms with E-state index in [0.717, 1.165) is 32.1 Å². The highest BCUT2D eigenvalue weighted by atomic mass is 32.2. The average Bonchev–Trinajstić information content (AvgIpc) is 2.78. The lowest BCUT2D eigenvalue weighted by Crippen LogP contribution is -2.34. The summed E-state index contributed by atoms with van der Waals surface area (Å²) in [5, 5.41) is 0. The molecular formula is C14H26N2O3S. The second kappa shape index (κ2) is 7.81. The smallest absolute Gasteiger partial charge is 0.244 e. The zero-order chi connectivity index (χ0) is 15.2. The van der Waals surface area contributed by atoms with Gasteiger partial charge in [0.1, 0.15) is 16.4 Å². The molecule has 0 aliphatic carbocycles. The maximum Gasteiger partial charge on any atom is 0.244 e. The zero-order valence-electron chi connectivity index (χ0n) is 12.6. The molecule has 1 aromatic rings. The minimum Gasteiger partial charge on any atom is -0.464 e. The van der Waals surface area contributed by atoms with Gasteiger partial charge in [-0.05, 0) is 19.8 Å². The molecule has 1 unspecified atom stereocenters. The molecule has 0 saturated carbocycles. The fourth-order valence-electron chi connectivity index (χ4n) is 2.24. The maximum atomic E-state index is 12.4. The quantitative estimate of drug-likeness (QED) is 0.734. The summed E-state index contributed by atoms with van der Waals surface area (Å²) < 4.78 is 33.0. The number of furan rings is 1. The van der Waals surface area contributed by atoms with Crippen LogP contribution in [0.15, 0.2) is 15.4 Å². The Morgan fingerprint density at radius 2 is 2.00 bits per heavy atom. The fraction of sp³-hybridized carbons (Fsp3) is 0.714. The first-order valence-electron chi connectivity index (χ1n) is 7.26. The minimum absolute atomic E-state index is 0.0134. The summed E-state index contributed by atoms with van der Waals surface area (Å²) >= 11 is 0. The van der Waals surface area contributed by atoms with Crippen LogP contribution in [0.2, 0.25) is 0 Å². The first-order valence-corrected chi connectivity index (χ1v) is 8.74. The molecule has 0 spiro atoms. The molecule has 1 heterocycles. The van der Waals surface area contributed by atoms with Crippen molar-refractivity contribution in [2.24, 2.45) is 5.73 Å². The lowest BCUT2D eigenvalue weighted by Gasteiger charge is -2.17. The van der Waals surface area contributed by atoms with E-state index in [9.17, 15) is 8.42 Å². The summed E-state index contributed by atoms with van der Waals surface area (Å²) in [5.41, 5.74) is 5.48. The van der Waals surface area contributed by atoms with Crippen molar-refractivity contribution in [1.29, 1.82) is 0 Å². The highest BCUT2D eigenvalue weighted by Crippen LogP contribution is 2.21. The number of hydrogen-bond acceptors (Lipinski definition) is 4. The number of nitrogens with two attached hydrogens (primary N) is 1. The molecule has 116 valence electrons. The van der Waals surface area contributed by atoms with Crippen LogP contribution in [0.5, 0.6) is 0 Å². The van der Waals surface area contributed by atoms with Gasteiger partial charge in [0.15, 0.2) is 0 Å². The summed E-state index contributed by atoms with van der Waals surface area (Å²) in [6.07, 6.45) is 4.75. The van der Waals surface area contributed by atoms with Crippen molar-refractivity contribution in [2.45, 2.75) is 70.4 Å². The van der Waals surface area contributed by atoms with Gasteiger partial charge in [0.05, 0.1) is 6.54 Å². The molecule has 0 bridgehead atoms. The maximum absolute atomic E-state index is 12.4. The molecule has 0 radical (unpaired) electrons. The molecule has 0 fully saturated rings. The normalized spacial score (nSPS) is 13.6. The van der Waals surface area contributed by atoms with Gasteiger partial charge in [-0.1, -0.05) is 33.1 Å². The van der Waals surface area contributed by atoms with E-state index in [0.29, 0.717) is 11.5 Å². The first-order chi connectivity index (χ1) is 9.44. The largest absolute Gasteiger partial charge is 0.464 e. The second-order valence-electron chi connectivity index (χ2n) is 5.09. The van der Waals surface area contributed by atoms with Crippen LogP contribution < -0.4 is 10.5 Å². The Labute approximate surface area is 122 Å². The highest BCUT2D eigenvalue weighted by Gasteiger charge is 2.24. The molecule has 1 rings (SSSR count). The number of nitrogens with one attached hydrogen (secondary N) is 1. The molecule has 1 aromatic heterocycles. The van der Waals surface area contributed by atoms with Crippen LogP contribution in [-0.2, 0) is 16.6 Å². The second-order valence-corrected chi connectivity index (χ2v) is 6.77. The van der Waals surface area contributed by atoms with Crippen LogP contribution in [0.25, 0.3) is 0 Å². The minimum atomic E-state index is -3.53. The summed E-state index contributed by atoms with van der Waals surface area (Å²) in [6.45, 7) is 6.01. The van der Waals surface area contributed by atoms with Gasteiger partial charge in [-0.25, -0.2) is 13.1 Å². The van der Waals surface area contributed by atoms with Gasteiger partial charge in [-0.2, -0.15) is 0 Å². The van der Waals surface area contributed by atoms with Crippen molar-refractivity contribution in [1.82, 2.24) is 4.72 Å². The lowest BCUT2D eigenvalue weighted by molar-refractivity contribution is 0.471. The van der Waals surface area contributed by atoms with Gasteiger partial charge in [0.2, 0.25) is 10.0 Å².